The molecule has 168 valence electrons. The molecule has 0 bridgehead atoms. The van der Waals surface area contributed by atoms with Crippen LogP contribution in [-0.4, -0.2) is 43.3 Å². The van der Waals surface area contributed by atoms with Crippen LogP contribution in [0.3, 0.4) is 0 Å². The number of ketones is 1. The number of para-hydroxylation sites is 1. The Kier molecular flexibility index (Phi) is 5.93. The third-order valence-electron chi connectivity index (χ3n) is 6.78. The first-order valence-electron chi connectivity index (χ1n) is 10.9. The second-order valence-electron chi connectivity index (χ2n) is 8.59. The molecule has 0 spiro atoms. The van der Waals surface area contributed by atoms with Crippen LogP contribution in [0, 0.1) is 17.7 Å². The summed E-state index contributed by atoms with van der Waals surface area (Å²) in [7, 11) is 1.59. The molecule has 2 aromatic rings. The SMILES string of the molecule is COc1ccccc1C1=COC2C(CCC3OCN(Cc4c(F)cccc4Cl)CC32)C1=O. The lowest BCUT2D eigenvalue weighted by atomic mass is 9.71. The van der Waals surface area contributed by atoms with Crippen LogP contribution in [-0.2, 0) is 20.8 Å². The zero-order valence-electron chi connectivity index (χ0n) is 17.8. The number of methoxy groups -OCH3 is 1. The normalized spacial score (nSPS) is 27.7. The average molecular weight is 458 g/mol. The van der Waals surface area contributed by atoms with E-state index in [0.717, 1.165) is 18.4 Å². The first-order valence-corrected chi connectivity index (χ1v) is 11.2. The molecule has 1 saturated heterocycles. The van der Waals surface area contributed by atoms with Crippen LogP contribution < -0.4 is 4.74 Å². The molecule has 4 unspecified atom stereocenters. The second kappa shape index (κ2) is 8.85. The standard InChI is InChI=1S/C25H25ClFNO4/c1-30-22-8-3-2-5-15(22)19-13-31-25-16(24(19)29)9-10-23-18(25)12-28(14-32-23)11-17-20(26)6-4-7-21(17)27/h2-8,13,16,18,23,25H,9-12,14H2,1H3. The van der Waals surface area contributed by atoms with Gasteiger partial charge in [0.1, 0.15) is 17.7 Å². The molecule has 0 aromatic heterocycles. The summed E-state index contributed by atoms with van der Waals surface area (Å²) >= 11 is 6.22. The fourth-order valence-electron chi connectivity index (χ4n) is 5.17. The molecule has 3 aliphatic rings. The van der Waals surface area contributed by atoms with Gasteiger partial charge in [-0.25, -0.2) is 4.39 Å². The van der Waals surface area contributed by atoms with Crippen molar-refractivity contribution in [3.05, 3.63) is 70.7 Å². The van der Waals surface area contributed by atoms with Gasteiger partial charge in [0, 0.05) is 35.2 Å². The van der Waals surface area contributed by atoms with Gasteiger partial charge in [-0.1, -0.05) is 35.9 Å². The van der Waals surface area contributed by atoms with Crippen molar-refractivity contribution in [2.75, 3.05) is 20.4 Å². The third-order valence-corrected chi connectivity index (χ3v) is 7.14. The second-order valence-corrected chi connectivity index (χ2v) is 9.00. The fraction of sp³-hybridized carbons (Fsp3) is 0.400. The Hall–Kier alpha value is -2.41. The number of carbonyl (C=O) groups excluding carboxylic acids is 1. The fourth-order valence-corrected chi connectivity index (χ4v) is 5.40. The lowest BCUT2D eigenvalue weighted by Crippen LogP contribution is -2.56. The van der Waals surface area contributed by atoms with Crippen LogP contribution in [0.1, 0.15) is 24.0 Å². The Balaban J connectivity index is 1.37. The molecule has 5 rings (SSSR count). The number of allylic oxidation sites excluding steroid dienone is 1. The van der Waals surface area contributed by atoms with E-state index in [0.29, 0.717) is 41.7 Å². The predicted octanol–water partition coefficient (Wildman–Crippen LogP) is 4.68. The van der Waals surface area contributed by atoms with Crippen molar-refractivity contribution in [1.29, 1.82) is 0 Å². The maximum Gasteiger partial charge on any atom is 0.173 e. The van der Waals surface area contributed by atoms with Crippen molar-refractivity contribution in [2.45, 2.75) is 31.6 Å². The monoisotopic (exact) mass is 457 g/mol. The Morgan fingerprint density at radius 1 is 1.19 bits per heavy atom. The Bertz CT molecular complexity index is 1040. The topological polar surface area (TPSA) is 48.0 Å². The zero-order chi connectivity index (χ0) is 22.2. The highest BCUT2D eigenvalue weighted by molar-refractivity contribution is 6.31. The molecule has 5 nitrogen and oxygen atoms in total. The number of halogens is 2. The van der Waals surface area contributed by atoms with Crippen molar-refractivity contribution in [3.8, 4) is 5.75 Å². The Morgan fingerprint density at radius 2 is 2.03 bits per heavy atom. The minimum absolute atomic E-state index is 0.0208. The van der Waals surface area contributed by atoms with E-state index in [1.807, 2.05) is 29.2 Å². The summed E-state index contributed by atoms with van der Waals surface area (Å²) in [6.07, 6.45) is 2.86. The lowest BCUT2D eigenvalue weighted by Gasteiger charge is -2.48. The van der Waals surface area contributed by atoms with Gasteiger partial charge in [0.15, 0.2) is 5.78 Å². The van der Waals surface area contributed by atoms with Crippen LogP contribution >= 0.6 is 11.6 Å². The van der Waals surface area contributed by atoms with E-state index >= 15 is 0 Å². The molecule has 2 aliphatic heterocycles. The molecule has 0 radical (unpaired) electrons. The van der Waals surface area contributed by atoms with Gasteiger partial charge in [0.25, 0.3) is 0 Å². The minimum atomic E-state index is -0.324. The van der Waals surface area contributed by atoms with Gasteiger partial charge < -0.3 is 14.2 Å². The van der Waals surface area contributed by atoms with Crippen molar-refractivity contribution in [2.24, 2.45) is 11.8 Å². The summed E-state index contributed by atoms with van der Waals surface area (Å²) in [4.78, 5) is 15.5. The van der Waals surface area contributed by atoms with E-state index in [2.05, 4.69) is 0 Å². The van der Waals surface area contributed by atoms with Gasteiger partial charge >= 0.3 is 0 Å². The van der Waals surface area contributed by atoms with E-state index in [1.54, 1.807) is 25.5 Å². The molecule has 0 amide bonds. The molecule has 2 heterocycles. The number of benzene rings is 2. The summed E-state index contributed by atoms with van der Waals surface area (Å²) < 4.78 is 32.0. The van der Waals surface area contributed by atoms with Crippen LogP contribution in [0.2, 0.25) is 5.02 Å². The smallest absolute Gasteiger partial charge is 0.173 e. The molecule has 7 heteroatoms. The number of hydrogen-bond donors (Lipinski definition) is 0. The summed E-state index contributed by atoms with van der Waals surface area (Å²) in [5.74, 6) is 0.194. The van der Waals surface area contributed by atoms with Crippen LogP contribution in [0.25, 0.3) is 5.57 Å². The van der Waals surface area contributed by atoms with Crippen molar-refractivity contribution < 1.29 is 23.4 Å². The van der Waals surface area contributed by atoms with Crippen molar-refractivity contribution in [3.63, 3.8) is 0 Å². The molecular weight excluding hydrogens is 433 g/mol. The average Bonchev–Trinajstić information content (AvgIpc) is 2.81. The minimum Gasteiger partial charge on any atom is -0.496 e. The molecule has 2 aromatic carbocycles. The highest BCUT2D eigenvalue weighted by Gasteiger charge is 2.49. The number of fused-ring (bicyclic) bond motifs is 3. The molecule has 2 fully saturated rings. The number of rotatable bonds is 4. The predicted molar refractivity (Wildman–Crippen MR) is 119 cm³/mol. The van der Waals surface area contributed by atoms with E-state index in [-0.39, 0.29) is 35.6 Å². The number of nitrogens with zero attached hydrogens (tertiary/aromatic N) is 1. The molecule has 1 aliphatic carbocycles. The van der Waals surface area contributed by atoms with Crippen molar-refractivity contribution in [1.82, 2.24) is 4.90 Å². The molecular formula is C25H25ClFNO4. The molecule has 1 saturated carbocycles. The van der Waals surface area contributed by atoms with Gasteiger partial charge in [-0.15, -0.1) is 0 Å². The highest BCUT2D eigenvalue weighted by Crippen LogP contribution is 2.43. The number of carbonyl (C=O) groups is 1. The van der Waals surface area contributed by atoms with Crippen LogP contribution in [0.5, 0.6) is 5.75 Å². The Morgan fingerprint density at radius 3 is 2.84 bits per heavy atom. The van der Waals surface area contributed by atoms with Crippen LogP contribution in [0.4, 0.5) is 4.39 Å². The summed E-state index contributed by atoms with van der Waals surface area (Å²) in [5.41, 5.74) is 1.76. The molecule has 0 N–H and O–H groups in total. The molecule has 4 atom stereocenters. The Labute approximate surface area is 191 Å². The maximum atomic E-state index is 14.3. The van der Waals surface area contributed by atoms with E-state index < -0.39 is 0 Å². The number of ether oxygens (including phenoxy) is 3. The van der Waals surface area contributed by atoms with Gasteiger partial charge in [-0.05, 0) is 31.0 Å². The van der Waals surface area contributed by atoms with Gasteiger partial charge in [-0.2, -0.15) is 0 Å². The van der Waals surface area contributed by atoms with E-state index in [1.165, 1.54) is 6.07 Å². The zero-order valence-corrected chi connectivity index (χ0v) is 18.6. The number of Topliss-reactive ketones (excluding diaryl/α,β-unsaturated/α-hetero) is 1. The summed E-state index contributed by atoms with van der Waals surface area (Å²) in [5, 5.41) is 0.405. The maximum absolute atomic E-state index is 14.3. The number of hydrogen-bond acceptors (Lipinski definition) is 5. The van der Waals surface area contributed by atoms with E-state index in [9.17, 15) is 9.18 Å². The summed E-state index contributed by atoms with van der Waals surface area (Å²) in [6, 6.07) is 12.2. The largest absolute Gasteiger partial charge is 0.496 e. The van der Waals surface area contributed by atoms with Gasteiger partial charge in [0.05, 0.1) is 37.7 Å². The summed E-state index contributed by atoms with van der Waals surface area (Å²) in [6.45, 7) is 1.41. The highest BCUT2D eigenvalue weighted by atomic mass is 35.5. The quantitative estimate of drug-likeness (QED) is 0.667. The van der Waals surface area contributed by atoms with Gasteiger partial charge in [-0.3, -0.25) is 9.69 Å². The van der Waals surface area contributed by atoms with Crippen LogP contribution in [0.15, 0.2) is 48.7 Å². The first kappa shape index (κ1) is 21.4. The molecule has 32 heavy (non-hydrogen) atoms. The first-order chi connectivity index (χ1) is 15.6. The van der Waals surface area contributed by atoms with Gasteiger partial charge in [0.2, 0.25) is 0 Å². The third kappa shape index (κ3) is 3.81. The van der Waals surface area contributed by atoms with Crippen molar-refractivity contribution >= 4 is 23.0 Å². The van der Waals surface area contributed by atoms with E-state index in [4.69, 9.17) is 25.8 Å². The lowest BCUT2D eigenvalue weighted by molar-refractivity contribution is -0.171.